The summed E-state index contributed by atoms with van der Waals surface area (Å²) in [6.45, 7) is 6.89. The van der Waals surface area contributed by atoms with Crippen molar-refractivity contribution in [2.24, 2.45) is 7.05 Å². The second-order valence-electron chi connectivity index (χ2n) is 6.79. The van der Waals surface area contributed by atoms with Crippen molar-refractivity contribution in [1.29, 1.82) is 0 Å². The number of aryl methyl sites for hydroxylation is 1. The van der Waals surface area contributed by atoms with Crippen molar-refractivity contribution in [2.75, 3.05) is 55.4 Å². The van der Waals surface area contributed by atoms with Gasteiger partial charge in [-0.15, -0.1) is 0 Å². The van der Waals surface area contributed by atoms with Gasteiger partial charge in [-0.2, -0.15) is 0 Å². The minimum absolute atomic E-state index is 1.00. The lowest BCUT2D eigenvalue weighted by Gasteiger charge is -2.25. The van der Waals surface area contributed by atoms with Gasteiger partial charge in [-0.25, -0.2) is 4.57 Å². The van der Waals surface area contributed by atoms with E-state index < -0.39 is 0 Å². The maximum atomic E-state index is 2.24. The fourth-order valence-corrected chi connectivity index (χ4v) is 0.708. The first-order chi connectivity index (χ1) is 8.52. The minimum atomic E-state index is 1.00. The summed E-state index contributed by atoms with van der Waals surface area (Å²) in [6.07, 6.45) is 4.00. The Hall–Kier alpha value is -0.930. The van der Waals surface area contributed by atoms with Crippen molar-refractivity contribution in [1.82, 2.24) is 0 Å². The van der Waals surface area contributed by atoms with Gasteiger partial charge in [0.1, 0.15) is 7.05 Å². The highest BCUT2D eigenvalue weighted by Gasteiger charge is 2.04. The van der Waals surface area contributed by atoms with Crippen molar-refractivity contribution >= 4 is 0 Å². The second kappa shape index (κ2) is 9.93. The molecule has 3 nitrogen and oxygen atoms in total. The van der Waals surface area contributed by atoms with Crippen molar-refractivity contribution in [2.45, 2.75) is 13.8 Å². The van der Waals surface area contributed by atoms with Gasteiger partial charge in [0.15, 0.2) is 12.4 Å². The molecule has 0 aliphatic rings. The normalized spacial score (nSPS) is 10.8. The van der Waals surface area contributed by atoms with Gasteiger partial charge in [-0.05, 0) is 13.8 Å². The van der Waals surface area contributed by atoms with Crippen molar-refractivity contribution in [3.05, 3.63) is 30.6 Å². The standard InChI is InChI=1S/C6H8N.C6H16N.C4H12N/c1-7-5-3-2-4-6-7;1-5-7(3,4)6-2;1-5(2,3)4/h2-6H,1H3;5-6H2,1-4H3;1-4H3/q3*+1. The molecule has 0 atom stereocenters. The Balaban J connectivity index is 0. The van der Waals surface area contributed by atoms with E-state index in [0.717, 1.165) is 8.97 Å². The molecular weight excluding hydrogens is 234 g/mol. The maximum Gasteiger partial charge on any atom is 0.168 e. The summed E-state index contributed by atoms with van der Waals surface area (Å²) in [5.74, 6) is 0. The topological polar surface area (TPSA) is 3.88 Å². The van der Waals surface area contributed by atoms with Crippen LogP contribution in [0.2, 0.25) is 0 Å². The van der Waals surface area contributed by atoms with E-state index in [4.69, 9.17) is 0 Å². The van der Waals surface area contributed by atoms with Gasteiger partial charge in [-0.1, -0.05) is 6.07 Å². The van der Waals surface area contributed by atoms with E-state index in [-0.39, 0.29) is 0 Å². The van der Waals surface area contributed by atoms with E-state index >= 15 is 0 Å². The lowest BCUT2D eigenvalue weighted by atomic mass is 10.5. The van der Waals surface area contributed by atoms with Crippen molar-refractivity contribution < 1.29 is 13.5 Å². The highest BCUT2D eigenvalue weighted by molar-refractivity contribution is 4.83. The largest absolute Gasteiger partial charge is 0.333 e. The van der Waals surface area contributed by atoms with Gasteiger partial charge in [0.2, 0.25) is 0 Å². The zero-order chi connectivity index (χ0) is 15.5. The molecule has 0 spiro atoms. The zero-order valence-corrected chi connectivity index (χ0v) is 14.6. The van der Waals surface area contributed by atoms with Gasteiger partial charge >= 0.3 is 0 Å². The Labute approximate surface area is 121 Å². The van der Waals surface area contributed by atoms with Crippen LogP contribution in [0.15, 0.2) is 30.6 Å². The van der Waals surface area contributed by atoms with E-state index in [1.54, 1.807) is 0 Å². The first-order valence-corrected chi connectivity index (χ1v) is 7.03. The molecular formula is C16H36N3+3. The number of hydrogen-bond acceptors (Lipinski definition) is 0. The molecule has 0 saturated carbocycles. The molecule has 0 aliphatic carbocycles. The van der Waals surface area contributed by atoms with Crippen LogP contribution in [-0.4, -0.2) is 64.3 Å². The molecule has 1 heterocycles. The summed E-state index contributed by atoms with van der Waals surface area (Å²) in [7, 11) is 15.0. The van der Waals surface area contributed by atoms with Crippen LogP contribution in [0.5, 0.6) is 0 Å². The highest BCUT2D eigenvalue weighted by atomic mass is 15.3. The van der Waals surface area contributed by atoms with Gasteiger partial charge in [-0.3, -0.25) is 0 Å². The smallest absolute Gasteiger partial charge is 0.168 e. The Bertz CT molecular complexity index is 288. The Morgan fingerprint density at radius 3 is 1.16 bits per heavy atom. The van der Waals surface area contributed by atoms with E-state index in [1.807, 2.05) is 42.2 Å². The predicted molar refractivity (Wildman–Crippen MR) is 84.8 cm³/mol. The van der Waals surface area contributed by atoms with Crippen LogP contribution in [0.4, 0.5) is 0 Å². The van der Waals surface area contributed by atoms with Gasteiger partial charge in [0.25, 0.3) is 0 Å². The Morgan fingerprint density at radius 1 is 0.737 bits per heavy atom. The molecule has 1 rings (SSSR count). The number of hydrogen-bond donors (Lipinski definition) is 0. The van der Waals surface area contributed by atoms with E-state index in [1.165, 1.54) is 13.1 Å². The molecule has 19 heavy (non-hydrogen) atoms. The van der Waals surface area contributed by atoms with Crippen molar-refractivity contribution in [3.8, 4) is 0 Å². The quantitative estimate of drug-likeness (QED) is 0.571. The van der Waals surface area contributed by atoms with E-state index in [9.17, 15) is 0 Å². The molecule has 0 unspecified atom stereocenters. The van der Waals surface area contributed by atoms with Gasteiger partial charge < -0.3 is 8.97 Å². The third-order valence-corrected chi connectivity index (χ3v) is 2.58. The SMILES string of the molecule is CC[N+](C)(C)CC.C[N+](C)(C)C.C[n+]1ccccc1. The lowest BCUT2D eigenvalue weighted by molar-refractivity contribution is -0.886. The number of pyridine rings is 1. The van der Waals surface area contributed by atoms with E-state index in [0.29, 0.717) is 0 Å². The average molecular weight is 270 g/mol. The van der Waals surface area contributed by atoms with Crippen LogP contribution in [0, 0.1) is 0 Å². The van der Waals surface area contributed by atoms with Crippen LogP contribution >= 0.6 is 0 Å². The molecule has 0 aromatic carbocycles. The summed E-state index contributed by atoms with van der Waals surface area (Å²) in [5.41, 5.74) is 0. The average Bonchev–Trinajstić information content (AvgIpc) is 2.29. The monoisotopic (exact) mass is 270 g/mol. The number of quaternary nitrogens is 2. The van der Waals surface area contributed by atoms with Crippen molar-refractivity contribution in [3.63, 3.8) is 0 Å². The fourth-order valence-electron chi connectivity index (χ4n) is 0.708. The maximum absolute atomic E-state index is 2.24. The Morgan fingerprint density at radius 2 is 1.05 bits per heavy atom. The molecule has 0 aliphatic heterocycles. The molecule has 112 valence electrons. The predicted octanol–water partition coefficient (Wildman–Crippen LogP) is 1.94. The highest BCUT2D eigenvalue weighted by Crippen LogP contribution is 1.91. The first kappa shape index (κ1) is 20.4. The molecule has 0 amide bonds. The summed E-state index contributed by atoms with van der Waals surface area (Å²) in [5, 5.41) is 0. The van der Waals surface area contributed by atoms with Gasteiger partial charge in [0, 0.05) is 12.1 Å². The molecule has 0 N–H and O–H groups in total. The molecule has 0 bridgehead atoms. The second-order valence-corrected chi connectivity index (χ2v) is 6.79. The molecule has 0 saturated heterocycles. The summed E-state index contributed by atoms with van der Waals surface area (Å²) in [6, 6.07) is 6.00. The molecule has 0 radical (unpaired) electrons. The number of aromatic nitrogens is 1. The third-order valence-electron chi connectivity index (χ3n) is 2.58. The van der Waals surface area contributed by atoms with Gasteiger partial charge in [0.05, 0.1) is 55.4 Å². The fraction of sp³-hybridized carbons (Fsp3) is 0.688. The number of nitrogens with zero attached hydrogens (tertiary/aromatic N) is 3. The van der Waals surface area contributed by atoms with Crippen LogP contribution in [-0.2, 0) is 7.05 Å². The lowest BCUT2D eigenvalue weighted by Crippen LogP contribution is -2.38. The summed E-state index contributed by atoms with van der Waals surface area (Å²) >= 11 is 0. The van der Waals surface area contributed by atoms with E-state index in [2.05, 4.69) is 56.1 Å². The zero-order valence-electron chi connectivity index (χ0n) is 14.6. The van der Waals surface area contributed by atoms with Crippen LogP contribution in [0.25, 0.3) is 0 Å². The summed E-state index contributed by atoms with van der Waals surface area (Å²) in [4.78, 5) is 0. The molecule has 1 aromatic heterocycles. The molecule has 1 aromatic rings. The minimum Gasteiger partial charge on any atom is -0.333 e. The van der Waals surface area contributed by atoms with Crippen LogP contribution in [0.3, 0.4) is 0 Å². The Kier molecular flexibility index (Phi) is 10.7. The summed E-state index contributed by atoms with van der Waals surface area (Å²) < 4.78 is 4.14. The molecule has 0 fully saturated rings. The van der Waals surface area contributed by atoms with Crippen LogP contribution in [0.1, 0.15) is 13.8 Å². The third kappa shape index (κ3) is 22.7. The number of rotatable bonds is 2. The first-order valence-electron chi connectivity index (χ1n) is 7.03. The van der Waals surface area contributed by atoms with Crippen LogP contribution < -0.4 is 4.57 Å². The molecule has 3 heteroatoms.